The largest absolute Gasteiger partial charge is 0.459 e. The van der Waals surface area contributed by atoms with Gasteiger partial charge in [-0.1, -0.05) is 18.4 Å². The fourth-order valence-electron chi connectivity index (χ4n) is 1.44. The van der Waals surface area contributed by atoms with Gasteiger partial charge >= 0.3 is 11.9 Å². The van der Waals surface area contributed by atoms with Crippen molar-refractivity contribution in [1.29, 1.82) is 0 Å². The van der Waals surface area contributed by atoms with E-state index in [1.807, 2.05) is 6.07 Å². The number of aryl methyl sites for hydroxylation is 1. The first-order chi connectivity index (χ1) is 9.72. The zero-order valence-corrected chi connectivity index (χ0v) is 12.0. The normalized spacial score (nSPS) is 10.5. The zero-order chi connectivity index (χ0) is 14.4. The van der Waals surface area contributed by atoms with Crippen LogP contribution in [0.4, 0.5) is 0 Å². The molecule has 20 heavy (non-hydrogen) atoms. The number of rotatable bonds is 6. The van der Waals surface area contributed by atoms with E-state index in [2.05, 4.69) is 27.1 Å². The summed E-state index contributed by atoms with van der Waals surface area (Å²) in [5.74, 6) is -0.779. The lowest BCUT2D eigenvalue weighted by molar-refractivity contribution is 0.0475. The minimum Gasteiger partial charge on any atom is -0.459 e. The maximum Gasteiger partial charge on any atom is 0.396 e. The van der Waals surface area contributed by atoms with Crippen LogP contribution in [-0.4, -0.2) is 32.7 Å². The highest BCUT2D eigenvalue weighted by Gasteiger charge is 2.16. The maximum atomic E-state index is 11.4. The molecule has 106 valence electrons. The van der Waals surface area contributed by atoms with Gasteiger partial charge in [-0.3, -0.25) is 0 Å². The summed E-state index contributed by atoms with van der Waals surface area (Å²) in [6.45, 7) is 4.05. The first-order valence-corrected chi connectivity index (χ1v) is 7.04. The first-order valence-electron chi connectivity index (χ1n) is 6.22. The van der Waals surface area contributed by atoms with Crippen molar-refractivity contribution in [3.05, 3.63) is 24.0 Å². The van der Waals surface area contributed by atoms with Crippen molar-refractivity contribution in [3.8, 4) is 0 Å². The molecule has 2 aromatic heterocycles. The van der Waals surface area contributed by atoms with Crippen LogP contribution in [-0.2, 0) is 11.2 Å². The Bertz CT molecular complexity index is 588. The van der Waals surface area contributed by atoms with Crippen molar-refractivity contribution in [1.82, 2.24) is 20.2 Å². The monoisotopic (exact) mass is 294 g/mol. The number of aromatic nitrogens is 4. The lowest BCUT2D eigenvalue weighted by Gasteiger charge is -1.99. The maximum absolute atomic E-state index is 11.4. The molecule has 2 rings (SSSR count). The smallest absolute Gasteiger partial charge is 0.396 e. The summed E-state index contributed by atoms with van der Waals surface area (Å²) >= 11 is 1.18. The Morgan fingerprint density at radius 1 is 1.35 bits per heavy atom. The highest BCUT2D eigenvalue weighted by atomic mass is 32.2. The predicted octanol–water partition coefficient (Wildman–Crippen LogP) is 2.14. The van der Waals surface area contributed by atoms with Crippen LogP contribution in [0.15, 0.2) is 27.1 Å². The Morgan fingerprint density at radius 2 is 2.20 bits per heavy atom. The van der Waals surface area contributed by atoms with Gasteiger partial charge < -0.3 is 9.15 Å². The fraction of sp³-hybridized carbons (Fsp3) is 0.417. The Labute approximate surface area is 120 Å². The van der Waals surface area contributed by atoms with Crippen LogP contribution in [0.2, 0.25) is 0 Å². The summed E-state index contributed by atoms with van der Waals surface area (Å²) in [7, 11) is 0. The number of esters is 1. The van der Waals surface area contributed by atoms with Crippen molar-refractivity contribution in [2.24, 2.45) is 0 Å². The number of ether oxygens (including phenoxy) is 1. The molecule has 0 aromatic carbocycles. The lowest BCUT2D eigenvalue weighted by atomic mass is 10.2. The van der Waals surface area contributed by atoms with E-state index in [0.29, 0.717) is 5.03 Å². The van der Waals surface area contributed by atoms with Crippen LogP contribution in [0.5, 0.6) is 0 Å². The summed E-state index contributed by atoms with van der Waals surface area (Å²) in [6.07, 6.45) is 3.39. The van der Waals surface area contributed by atoms with Crippen LogP contribution >= 0.6 is 11.8 Å². The second-order valence-corrected chi connectivity index (χ2v) is 4.76. The van der Waals surface area contributed by atoms with Crippen LogP contribution in [0.3, 0.4) is 0 Å². The summed E-state index contributed by atoms with van der Waals surface area (Å²) in [4.78, 5) is 19.7. The molecule has 0 N–H and O–H groups in total. The van der Waals surface area contributed by atoms with Gasteiger partial charge in [-0.05, 0) is 31.2 Å². The van der Waals surface area contributed by atoms with E-state index < -0.39 is 5.97 Å². The molecule has 0 radical (unpaired) electrons. The minimum absolute atomic E-state index is 0.155. The molecule has 0 saturated heterocycles. The molecule has 0 fully saturated rings. The third kappa shape index (κ3) is 3.77. The van der Waals surface area contributed by atoms with Gasteiger partial charge in [0.15, 0.2) is 0 Å². The van der Waals surface area contributed by atoms with Crippen molar-refractivity contribution in [3.63, 3.8) is 0 Å². The molecular weight excluding hydrogens is 280 g/mol. The molecule has 7 nitrogen and oxygen atoms in total. The number of nitrogens with zero attached hydrogens (tertiary/aromatic N) is 4. The van der Waals surface area contributed by atoms with Gasteiger partial charge in [0.05, 0.1) is 6.61 Å². The zero-order valence-electron chi connectivity index (χ0n) is 11.2. The summed E-state index contributed by atoms with van der Waals surface area (Å²) in [6, 6.07) is 1.86. The van der Waals surface area contributed by atoms with E-state index in [9.17, 15) is 4.79 Å². The molecule has 0 spiro atoms. The molecular formula is C12H14N4O3S. The number of carbonyl (C=O) groups excluding carboxylic acids is 1. The van der Waals surface area contributed by atoms with E-state index in [1.54, 1.807) is 6.92 Å². The first kappa shape index (κ1) is 14.4. The minimum atomic E-state index is -0.624. The third-order valence-electron chi connectivity index (χ3n) is 2.25. The Balaban J connectivity index is 2.06. The molecule has 2 heterocycles. The van der Waals surface area contributed by atoms with E-state index >= 15 is 0 Å². The molecule has 0 unspecified atom stereocenters. The SMILES string of the molecule is CCCc1cc(Sc2nnc(C(=O)OCC)o2)ncn1. The molecule has 0 aliphatic rings. The van der Waals surface area contributed by atoms with Crippen molar-refractivity contribution < 1.29 is 13.9 Å². The van der Waals surface area contributed by atoms with Gasteiger partial charge in [-0.15, -0.1) is 5.10 Å². The van der Waals surface area contributed by atoms with E-state index in [4.69, 9.17) is 9.15 Å². The molecule has 2 aromatic rings. The molecule has 8 heteroatoms. The molecule has 0 aliphatic carbocycles. The van der Waals surface area contributed by atoms with Crippen LogP contribution in [0.25, 0.3) is 0 Å². The van der Waals surface area contributed by atoms with Gasteiger partial charge in [-0.2, -0.15) is 0 Å². The van der Waals surface area contributed by atoms with Crippen molar-refractivity contribution in [2.75, 3.05) is 6.61 Å². The lowest BCUT2D eigenvalue weighted by Crippen LogP contribution is -2.04. The van der Waals surface area contributed by atoms with Crippen LogP contribution in [0, 0.1) is 0 Å². The highest BCUT2D eigenvalue weighted by molar-refractivity contribution is 7.99. The van der Waals surface area contributed by atoms with Crippen molar-refractivity contribution in [2.45, 2.75) is 36.9 Å². The quantitative estimate of drug-likeness (QED) is 0.591. The summed E-state index contributed by atoms with van der Waals surface area (Å²) in [5, 5.41) is 8.35. The fourth-order valence-corrected chi connectivity index (χ4v) is 2.12. The van der Waals surface area contributed by atoms with E-state index in [-0.39, 0.29) is 17.7 Å². The van der Waals surface area contributed by atoms with Gasteiger partial charge in [0.1, 0.15) is 11.4 Å². The number of hydrogen-bond acceptors (Lipinski definition) is 8. The predicted molar refractivity (Wildman–Crippen MR) is 70.4 cm³/mol. The highest BCUT2D eigenvalue weighted by Crippen LogP contribution is 2.24. The summed E-state index contributed by atoms with van der Waals surface area (Å²) < 4.78 is 9.98. The Kier molecular flexibility index (Phi) is 5.05. The average molecular weight is 294 g/mol. The number of hydrogen-bond donors (Lipinski definition) is 0. The third-order valence-corrected chi connectivity index (χ3v) is 3.03. The standard InChI is InChI=1S/C12H14N4O3S/c1-3-5-8-6-9(14-7-13-8)20-12-16-15-10(19-12)11(17)18-4-2/h6-7H,3-5H2,1-2H3. The topological polar surface area (TPSA) is 91.0 Å². The summed E-state index contributed by atoms with van der Waals surface area (Å²) in [5.41, 5.74) is 0.954. The average Bonchev–Trinajstić information content (AvgIpc) is 2.88. The van der Waals surface area contributed by atoms with Crippen molar-refractivity contribution >= 4 is 17.7 Å². The molecule has 0 aliphatic heterocycles. The molecule has 0 saturated carbocycles. The van der Waals surface area contributed by atoms with Crippen LogP contribution in [0.1, 0.15) is 36.6 Å². The van der Waals surface area contributed by atoms with E-state index in [0.717, 1.165) is 18.5 Å². The molecule has 0 atom stereocenters. The molecule has 0 amide bonds. The second-order valence-electron chi connectivity index (χ2n) is 3.79. The van der Waals surface area contributed by atoms with Gasteiger partial charge in [0.25, 0.3) is 5.22 Å². The second kappa shape index (κ2) is 6.99. The van der Waals surface area contributed by atoms with Gasteiger partial charge in [0, 0.05) is 5.69 Å². The van der Waals surface area contributed by atoms with Gasteiger partial charge in [0.2, 0.25) is 0 Å². The van der Waals surface area contributed by atoms with Gasteiger partial charge in [-0.25, -0.2) is 14.8 Å². The van der Waals surface area contributed by atoms with Crippen LogP contribution < -0.4 is 0 Å². The molecule has 0 bridgehead atoms. The Morgan fingerprint density at radius 3 is 2.95 bits per heavy atom. The number of carbonyl (C=O) groups is 1. The van der Waals surface area contributed by atoms with E-state index in [1.165, 1.54) is 18.1 Å². The Hall–Kier alpha value is -1.96.